The van der Waals surface area contributed by atoms with Crippen molar-refractivity contribution < 1.29 is 9.47 Å². The van der Waals surface area contributed by atoms with E-state index < -0.39 is 0 Å². The standard InChI is InChI=1S/C18H18N8O2/c19-3-1-4-27-14-9-22-12-2-5-28-18(12)17(14)13-6-15(26-25-13)24-16-10-21-11(7-20)8-23-16/h6,8-10H,1-5,19H2,(H2,23,24,25,26). The van der Waals surface area contributed by atoms with Gasteiger partial charge in [-0.05, 0) is 13.0 Å². The summed E-state index contributed by atoms with van der Waals surface area (Å²) in [6, 6.07) is 3.76. The van der Waals surface area contributed by atoms with E-state index in [9.17, 15) is 0 Å². The predicted molar refractivity (Wildman–Crippen MR) is 100 cm³/mol. The Labute approximate surface area is 160 Å². The first-order chi connectivity index (χ1) is 13.8. The molecule has 0 aromatic carbocycles. The molecule has 0 atom stereocenters. The van der Waals surface area contributed by atoms with Gasteiger partial charge in [0.05, 0.1) is 48.8 Å². The summed E-state index contributed by atoms with van der Waals surface area (Å²) in [4.78, 5) is 12.5. The molecule has 0 unspecified atom stereocenters. The molecule has 4 heterocycles. The van der Waals surface area contributed by atoms with Gasteiger partial charge in [0.1, 0.15) is 11.9 Å². The van der Waals surface area contributed by atoms with Gasteiger partial charge < -0.3 is 20.5 Å². The Morgan fingerprint density at radius 2 is 2.18 bits per heavy atom. The van der Waals surface area contributed by atoms with Gasteiger partial charge in [0.2, 0.25) is 0 Å². The molecular formula is C18H18N8O2. The largest absolute Gasteiger partial charge is 0.491 e. The summed E-state index contributed by atoms with van der Waals surface area (Å²) in [6.45, 7) is 1.62. The van der Waals surface area contributed by atoms with Crippen LogP contribution in [-0.2, 0) is 6.42 Å². The average molecular weight is 378 g/mol. The number of ether oxygens (including phenoxy) is 2. The van der Waals surface area contributed by atoms with Gasteiger partial charge in [-0.25, -0.2) is 9.97 Å². The van der Waals surface area contributed by atoms with Gasteiger partial charge in [-0.15, -0.1) is 0 Å². The maximum absolute atomic E-state index is 8.80. The first-order valence-corrected chi connectivity index (χ1v) is 8.81. The van der Waals surface area contributed by atoms with E-state index in [-0.39, 0.29) is 5.69 Å². The van der Waals surface area contributed by atoms with Crippen LogP contribution in [-0.4, -0.2) is 44.9 Å². The van der Waals surface area contributed by atoms with Gasteiger partial charge in [-0.1, -0.05) is 0 Å². The first-order valence-electron chi connectivity index (χ1n) is 8.81. The zero-order chi connectivity index (χ0) is 19.3. The molecular weight excluding hydrogens is 360 g/mol. The van der Waals surface area contributed by atoms with E-state index in [1.807, 2.05) is 12.1 Å². The molecule has 0 aliphatic carbocycles. The number of nitriles is 1. The maximum Gasteiger partial charge on any atom is 0.158 e. The van der Waals surface area contributed by atoms with Crippen molar-refractivity contribution >= 4 is 11.6 Å². The van der Waals surface area contributed by atoms with E-state index in [1.54, 1.807) is 6.20 Å². The van der Waals surface area contributed by atoms with E-state index in [0.29, 0.717) is 42.9 Å². The van der Waals surface area contributed by atoms with Gasteiger partial charge in [0.15, 0.2) is 23.0 Å². The topological polar surface area (TPSA) is 148 Å². The van der Waals surface area contributed by atoms with Crippen molar-refractivity contribution in [3.8, 4) is 28.8 Å². The summed E-state index contributed by atoms with van der Waals surface area (Å²) in [7, 11) is 0. The lowest BCUT2D eigenvalue weighted by Crippen LogP contribution is -2.07. The SMILES string of the molecule is N#Cc1cnc(Nc2cc(-c3c(OCCCN)cnc4c3OCC4)[nH]n2)cn1. The highest BCUT2D eigenvalue weighted by Gasteiger charge is 2.24. The first kappa shape index (κ1) is 17.7. The fourth-order valence-corrected chi connectivity index (χ4v) is 2.82. The van der Waals surface area contributed by atoms with Crippen molar-refractivity contribution in [1.29, 1.82) is 5.26 Å². The molecule has 10 heteroatoms. The van der Waals surface area contributed by atoms with E-state index in [0.717, 1.165) is 29.8 Å². The Morgan fingerprint density at radius 1 is 1.25 bits per heavy atom. The number of anilines is 2. The number of nitrogens with zero attached hydrogens (tertiary/aromatic N) is 5. The van der Waals surface area contributed by atoms with Crippen molar-refractivity contribution in [1.82, 2.24) is 25.1 Å². The van der Waals surface area contributed by atoms with Crippen LogP contribution >= 0.6 is 0 Å². The third kappa shape index (κ3) is 3.56. The van der Waals surface area contributed by atoms with Crippen molar-refractivity contribution in [3.63, 3.8) is 0 Å². The molecule has 1 aliphatic rings. The second-order valence-electron chi connectivity index (χ2n) is 6.05. The molecule has 0 radical (unpaired) electrons. The van der Waals surface area contributed by atoms with E-state index in [1.165, 1.54) is 12.4 Å². The third-order valence-corrected chi connectivity index (χ3v) is 4.13. The summed E-state index contributed by atoms with van der Waals surface area (Å²) in [6.07, 6.45) is 6.07. The minimum Gasteiger partial charge on any atom is -0.491 e. The van der Waals surface area contributed by atoms with Crippen LogP contribution in [0.3, 0.4) is 0 Å². The van der Waals surface area contributed by atoms with Gasteiger partial charge in [0, 0.05) is 12.5 Å². The number of pyridine rings is 1. The van der Waals surface area contributed by atoms with E-state index in [2.05, 4.69) is 30.5 Å². The Balaban J connectivity index is 1.62. The highest BCUT2D eigenvalue weighted by atomic mass is 16.5. The normalized spacial score (nSPS) is 12.1. The highest BCUT2D eigenvalue weighted by molar-refractivity contribution is 5.77. The van der Waals surface area contributed by atoms with Crippen molar-refractivity contribution in [3.05, 3.63) is 36.0 Å². The number of hydrogen-bond donors (Lipinski definition) is 3. The second-order valence-corrected chi connectivity index (χ2v) is 6.05. The third-order valence-electron chi connectivity index (χ3n) is 4.13. The van der Waals surface area contributed by atoms with Crippen LogP contribution in [0, 0.1) is 11.3 Å². The number of nitrogens with two attached hydrogens (primary N) is 1. The van der Waals surface area contributed by atoms with Crippen molar-refractivity contribution in [2.45, 2.75) is 12.8 Å². The van der Waals surface area contributed by atoms with Crippen LogP contribution in [0.4, 0.5) is 11.6 Å². The lowest BCUT2D eigenvalue weighted by atomic mass is 10.1. The highest BCUT2D eigenvalue weighted by Crippen LogP contribution is 2.42. The van der Waals surface area contributed by atoms with Crippen LogP contribution in [0.2, 0.25) is 0 Å². The number of fused-ring (bicyclic) bond motifs is 1. The molecule has 0 saturated carbocycles. The molecule has 1 aliphatic heterocycles. The Bertz CT molecular complexity index is 1010. The van der Waals surface area contributed by atoms with Crippen molar-refractivity contribution in [2.75, 3.05) is 25.1 Å². The Kier molecular flexibility index (Phi) is 4.99. The summed E-state index contributed by atoms with van der Waals surface area (Å²) < 4.78 is 11.7. The van der Waals surface area contributed by atoms with Crippen LogP contribution in [0.25, 0.3) is 11.3 Å². The van der Waals surface area contributed by atoms with E-state index in [4.69, 9.17) is 20.5 Å². The lowest BCUT2D eigenvalue weighted by Gasteiger charge is -2.13. The Morgan fingerprint density at radius 3 is 2.96 bits per heavy atom. The average Bonchev–Trinajstić information content (AvgIpc) is 3.38. The molecule has 4 rings (SSSR count). The second kappa shape index (κ2) is 7.89. The molecule has 0 fully saturated rings. The smallest absolute Gasteiger partial charge is 0.158 e. The molecule has 4 N–H and O–H groups in total. The summed E-state index contributed by atoms with van der Waals surface area (Å²) in [5.41, 5.74) is 8.20. The predicted octanol–water partition coefficient (Wildman–Crippen LogP) is 1.54. The zero-order valence-corrected chi connectivity index (χ0v) is 15.0. The van der Waals surface area contributed by atoms with Gasteiger partial charge >= 0.3 is 0 Å². The van der Waals surface area contributed by atoms with E-state index >= 15 is 0 Å². The number of rotatable bonds is 7. The molecule has 0 amide bonds. The minimum absolute atomic E-state index is 0.247. The molecule has 0 spiro atoms. The number of H-pyrrole nitrogens is 1. The maximum atomic E-state index is 8.80. The van der Waals surface area contributed by atoms with Gasteiger partial charge in [-0.2, -0.15) is 10.4 Å². The summed E-state index contributed by atoms with van der Waals surface area (Å²) in [5.74, 6) is 2.35. The zero-order valence-electron chi connectivity index (χ0n) is 15.0. The quantitative estimate of drug-likeness (QED) is 0.521. The van der Waals surface area contributed by atoms with Crippen LogP contribution in [0.5, 0.6) is 11.5 Å². The molecule has 3 aromatic heterocycles. The minimum atomic E-state index is 0.247. The molecule has 10 nitrogen and oxygen atoms in total. The molecule has 0 bridgehead atoms. The number of aromatic nitrogens is 5. The van der Waals surface area contributed by atoms with Crippen LogP contribution in [0.15, 0.2) is 24.7 Å². The molecule has 142 valence electrons. The van der Waals surface area contributed by atoms with Crippen LogP contribution in [0.1, 0.15) is 17.8 Å². The lowest BCUT2D eigenvalue weighted by molar-refractivity contribution is 0.310. The fraction of sp³-hybridized carbons (Fsp3) is 0.278. The van der Waals surface area contributed by atoms with Gasteiger partial charge in [-0.3, -0.25) is 10.1 Å². The Hall–Kier alpha value is -3.71. The monoisotopic (exact) mass is 378 g/mol. The number of aromatic amines is 1. The van der Waals surface area contributed by atoms with Crippen molar-refractivity contribution in [2.24, 2.45) is 5.73 Å². The summed E-state index contributed by atoms with van der Waals surface area (Å²) >= 11 is 0. The number of nitrogens with one attached hydrogen (secondary N) is 2. The van der Waals surface area contributed by atoms with Crippen LogP contribution < -0.4 is 20.5 Å². The molecule has 0 saturated heterocycles. The molecule has 28 heavy (non-hydrogen) atoms. The fourth-order valence-electron chi connectivity index (χ4n) is 2.82. The van der Waals surface area contributed by atoms with Gasteiger partial charge in [0.25, 0.3) is 0 Å². The molecule has 3 aromatic rings. The summed E-state index contributed by atoms with van der Waals surface area (Å²) in [5, 5.41) is 19.1. The number of hydrogen-bond acceptors (Lipinski definition) is 9.